The zero-order chi connectivity index (χ0) is 15.1. The maximum Gasteiger partial charge on any atom is 0.180 e. The van der Waals surface area contributed by atoms with Gasteiger partial charge in [0.05, 0.1) is 16.9 Å². The Balaban J connectivity index is 1.79. The predicted molar refractivity (Wildman–Crippen MR) is 89.4 cm³/mol. The standard InChI is InChI=1S/C15H14N6S/c1-20-4-2-10(8-20)12-7-18-15-14(17-3-5-21(12)15)19-13-6-11(16)9-22-13/h2-9H,16H2,1H3,(H,17,19). The molecule has 4 heterocycles. The van der Waals surface area contributed by atoms with E-state index in [4.69, 9.17) is 5.73 Å². The van der Waals surface area contributed by atoms with Crippen molar-refractivity contribution in [1.29, 1.82) is 0 Å². The summed E-state index contributed by atoms with van der Waals surface area (Å²) in [4.78, 5) is 8.90. The molecule has 0 fully saturated rings. The van der Waals surface area contributed by atoms with Crippen molar-refractivity contribution in [3.05, 3.63) is 48.5 Å². The molecule has 0 saturated carbocycles. The molecule has 22 heavy (non-hydrogen) atoms. The summed E-state index contributed by atoms with van der Waals surface area (Å²) in [5.41, 5.74) is 9.44. The number of nitrogens with one attached hydrogen (secondary N) is 1. The zero-order valence-electron chi connectivity index (χ0n) is 11.9. The molecule has 4 aromatic heterocycles. The number of nitrogen functional groups attached to an aromatic ring is 1. The average molecular weight is 310 g/mol. The van der Waals surface area contributed by atoms with Crippen molar-refractivity contribution in [2.45, 2.75) is 0 Å². The minimum Gasteiger partial charge on any atom is -0.398 e. The van der Waals surface area contributed by atoms with Crippen LogP contribution in [-0.4, -0.2) is 18.9 Å². The highest BCUT2D eigenvalue weighted by Gasteiger charge is 2.11. The topological polar surface area (TPSA) is 73.2 Å². The molecule has 0 unspecified atom stereocenters. The van der Waals surface area contributed by atoms with E-state index in [0.29, 0.717) is 5.82 Å². The van der Waals surface area contributed by atoms with E-state index in [1.54, 1.807) is 17.5 Å². The van der Waals surface area contributed by atoms with E-state index < -0.39 is 0 Å². The fraction of sp³-hybridized carbons (Fsp3) is 0.0667. The maximum atomic E-state index is 5.75. The van der Waals surface area contributed by atoms with Gasteiger partial charge >= 0.3 is 0 Å². The number of fused-ring (bicyclic) bond motifs is 1. The van der Waals surface area contributed by atoms with Crippen LogP contribution in [0.5, 0.6) is 0 Å². The first-order chi connectivity index (χ1) is 10.7. The third kappa shape index (κ3) is 2.11. The molecule has 110 valence electrons. The van der Waals surface area contributed by atoms with E-state index in [0.717, 1.165) is 27.6 Å². The lowest BCUT2D eigenvalue weighted by Crippen LogP contribution is -1.97. The normalized spacial score (nSPS) is 11.1. The Bertz CT molecular complexity index is 948. The lowest BCUT2D eigenvalue weighted by Gasteiger charge is -2.05. The number of thiophene rings is 1. The molecule has 0 aromatic carbocycles. The van der Waals surface area contributed by atoms with Crippen molar-refractivity contribution < 1.29 is 0 Å². The van der Waals surface area contributed by atoms with E-state index in [1.807, 2.05) is 46.1 Å². The van der Waals surface area contributed by atoms with Crippen LogP contribution in [0.3, 0.4) is 0 Å². The lowest BCUT2D eigenvalue weighted by atomic mass is 10.2. The van der Waals surface area contributed by atoms with Gasteiger partial charge in [0.1, 0.15) is 0 Å². The third-order valence-corrected chi connectivity index (χ3v) is 4.28. The van der Waals surface area contributed by atoms with Crippen molar-refractivity contribution >= 4 is 33.5 Å². The number of rotatable bonds is 3. The quantitative estimate of drug-likeness (QED) is 0.610. The van der Waals surface area contributed by atoms with Crippen LogP contribution in [0.2, 0.25) is 0 Å². The van der Waals surface area contributed by atoms with Crippen molar-refractivity contribution in [3.8, 4) is 11.3 Å². The summed E-state index contributed by atoms with van der Waals surface area (Å²) in [6.45, 7) is 0. The Labute approximate surface area is 130 Å². The largest absolute Gasteiger partial charge is 0.398 e. The van der Waals surface area contributed by atoms with Crippen molar-refractivity contribution in [2.24, 2.45) is 7.05 Å². The van der Waals surface area contributed by atoms with Crippen LogP contribution in [0.15, 0.2) is 48.5 Å². The fourth-order valence-corrected chi connectivity index (χ4v) is 3.10. The average Bonchev–Trinajstić information content (AvgIpc) is 3.19. The highest BCUT2D eigenvalue weighted by atomic mass is 32.1. The van der Waals surface area contributed by atoms with Crippen LogP contribution in [-0.2, 0) is 7.05 Å². The number of nitrogens with two attached hydrogens (primary N) is 1. The minimum atomic E-state index is 0.714. The molecule has 0 amide bonds. The molecule has 7 heteroatoms. The van der Waals surface area contributed by atoms with Crippen molar-refractivity contribution in [2.75, 3.05) is 11.1 Å². The molecule has 0 aliphatic carbocycles. The maximum absolute atomic E-state index is 5.75. The van der Waals surface area contributed by atoms with Gasteiger partial charge in [-0.1, -0.05) is 0 Å². The van der Waals surface area contributed by atoms with Gasteiger partial charge in [0.25, 0.3) is 0 Å². The van der Waals surface area contributed by atoms with Gasteiger partial charge in [-0.2, -0.15) is 0 Å². The van der Waals surface area contributed by atoms with Crippen molar-refractivity contribution in [1.82, 2.24) is 18.9 Å². The van der Waals surface area contributed by atoms with Gasteiger partial charge in [0.15, 0.2) is 11.5 Å². The second-order valence-electron chi connectivity index (χ2n) is 5.05. The van der Waals surface area contributed by atoms with Crippen LogP contribution >= 0.6 is 11.3 Å². The smallest absolute Gasteiger partial charge is 0.180 e. The van der Waals surface area contributed by atoms with Crippen LogP contribution in [0, 0.1) is 0 Å². The summed E-state index contributed by atoms with van der Waals surface area (Å²) >= 11 is 1.54. The number of aromatic nitrogens is 4. The fourth-order valence-electron chi connectivity index (χ4n) is 2.41. The molecule has 0 aliphatic heterocycles. The predicted octanol–water partition coefficient (Wildman–Crippen LogP) is 3.12. The van der Waals surface area contributed by atoms with E-state index in [1.165, 1.54) is 0 Å². The molecule has 4 rings (SSSR count). The highest BCUT2D eigenvalue weighted by molar-refractivity contribution is 7.14. The monoisotopic (exact) mass is 310 g/mol. The first kappa shape index (κ1) is 12.9. The lowest BCUT2D eigenvalue weighted by molar-refractivity contribution is 0.928. The Morgan fingerprint density at radius 3 is 2.91 bits per heavy atom. The van der Waals surface area contributed by atoms with Gasteiger partial charge in [0.2, 0.25) is 0 Å². The summed E-state index contributed by atoms with van der Waals surface area (Å²) < 4.78 is 4.05. The molecular formula is C15H14N6S. The molecule has 0 spiro atoms. The molecule has 4 aromatic rings. The second kappa shape index (κ2) is 4.88. The molecule has 0 saturated heterocycles. The van der Waals surface area contributed by atoms with Crippen LogP contribution in [0.1, 0.15) is 0 Å². The number of hydrogen-bond acceptors (Lipinski definition) is 5. The van der Waals surface area contributed by atoms with E-state index >= 15 is 0 Å². The van der Waals surface area contributed by atoms with Gasteiger partial charge in [-0.15, -0.1) is 11.3 Å². The van der Waals surface area contributed by atoms with E-state index in [-0.39, 0.29) is 0 Å². The van der Waals surface area contributed by atoms with Gasteiger partial charge in [0, 0.05) is 48.5 Å². The number of anilines is 3. The molecule has 0 aliphatic rings. The second-order valence-corrected chi connectivity index (χ2v) is 5.96. The SMILES string of the molecule is Cn1ccc(-c2cnc3c(Nc4cc(N)cs4)nccn23)c1. The number of hydrogen-bond donors (Lipinski definition) is 2. The molecule has 0 radical (unpaired) electrons. The van der Waals surface area contributed by atoms with Gasteiger partial charge in [-0.05, 0) is 12.1 Å². The highest BCUT2D eigenvalue weighted by Crippen LogP contribution is 2.28. The minimum absolute atomic E-state index is 0.714. The Kier molecular flexibility index (Phi) is 2.87. The summed E-state index contributed by atoms with van der Waals surface area (Å²) in [6, 6.07) is 3.95. The Morgan fingerprint density at radius 2 is 2.18 bits per heavy atom. The zero-order valence-corrected chi connectivity index (χ0v) is 12.7. The van der Waals surface area contributed by atoms with Crippen LogP contribution in [0.4, 0.5) is 16.5 Å². The first-order valence-electron chi connectivity index (χ1n) is 6.76. The van der Waals surface area contributed by atoms with Crippen LogP contribution in [0.25, 0.3) is 16.9 Å². The van der Waals surface area contributed by atoms with Gasteiger partial charge < -0.3 is 15.6 Å². The van der Waals surface area contributed by atoms with Crippen LogP contribution < -0.4 is 11.1 Å². The van der Waals surface area contributed by atoms with Gasteiger partial charge in [-0.25, -0.2) is 9.97 Å². The Morgan fingerprint density at radius 1 is 1.27 bits per heavy atom. The molecule has 6 nitrogen and oxygen atoms in total. The molecule has 0 atom stereocenters. The third-order valence-electron chi connectivity index (χ3n) is 3.42. The number of nitrogens with zero attached hydrogens (tertiary/aromatic N) is 4. The summed E-state index contributed by atoms with van der Waals surface area (Å²) in [6.07, 6.45) is 9.62. The Hall–Kier alpha value is -2.80. The molecule has 3 N–H and O–H groups in total. The van der Waals surface area contributed by atoms with E-state index in [9.17, 15) is 0 Å². The first-order valence-corrected chi connectivity index (χ1v) is 7.64. The van der Waals surface area contributed by atoms with Gasteiger partial charge in [-0.3, -0.25) is 4.40 Å². The summed E-state index contributed by atoms with van der Waals surface area (Å²) in [5.74, 6) is 0.714. The summed E-state index contributed by atoms with van der Waals surface area (Å²) in [5, 5.41) is 6.12. The van der Waals surface area contributed by atoms with E-state index in [2.05, 4.69) is 27.5 Å². The van der Waals surface area contributed by atoms with Crippen molar-refractivity contribution in [3.63, 3.8) is 0 Å². The summed E-state index contributed by atoms with van der Waals surface area (Å²) in [7, 11) is 2.00. The number of imidazole rings is 1. The number of aryl methyl sites for hydroxylation is 1. The molecule has 0 bridgehead atoms. The molecular weight excluding hydrogens is 296 g/mol.